The molecule has 34 heavy (non-hydrogen) atoms. The van der Waals surface area contributed by atoms with E-state index < -0.39 is 23.6 Å². The maximum Gasteiger partial charge on any atom is 0.424 e. The van der Waals surface area contributed by atoms with Gasteiger partial charge in [0.25, 0.3) is 0 Å². The molecule has 0 aliphatic carbocycles. The van der Waals surface area contributed by atoms with Crippen LogP contribution in [0.5, 0.6) is 5.88 Å². The van der Waals surface area contributed by atoms with E-state index in [1.807, 2.05) is 6.92 Å². The number of nitrogens with zero attached hydrogens (tertiary/aromatic N) is 2. The first-order valence-electron chi connectivity index (χ1n) is 11.0. The Hall–Kier alpha value is -2.49. The lowest BCUT2D eigenvalue weighted by Crippen LogP contribution is -2.12. The first kappa shape index (κ1) is 27.8. The van der Waals surface area contributed by atoms with Gasteiger partial charge in [-0.15, -0.1) is 5.10 Å². The van der Waals surface area contributed by atoms with E-state index in [2.05, 4.69) is 28.0 Å². The van der Waals surface area contributed by atoms with E-state index in [4.69, 9.17) is 14.2 Å². The number of aromatic nitrogens is 2. The SMILES string of the molecule is CCCCC(CC)Cn1nc(OCc2ccccc2/C(=C\OC)C(=O)OC)c(C(F)(F)F)c1Br. The number of carbonyl (C=O) groups excluding carboxylic acids is 1. The van der Waals surface area contributed by atoms with Gasteiger partial charge in [-0.25, -0.2) is 4.79 Å². The molecule has 1 aromatic carbocycles. The zero-order valence-electron chi connectivity index (χ0n) is 19.7. The Kier molecular flexibility index (Phi) is 10.5. The van der Waals surface area contributed by atoms with E-state index in [9.17, 15) is 18.0 Å². The van der Waals surface area contributed by atoms with Crippen LogP contribution in [0.4, 0.5) is 13.2 Å². The van der Waals surface area contributed by atoms with Crippen molar-refractivity contribution in [3.05, 3.63) is 51.8 Å². The van der Waals surface area contributed by atoms with E-state index in [1.165, 1.54) is 25.2 Å². The molecule has 0 radical (unpaired) electrons. The molecule has 0 N–H and O–H groups in total. The number of hydrogen-bond acceptors (Lipinski definition) is 5. The van der Waals surface area contributed by atoms with Gasteiger partial charge in [0.2, 0.25) is 5.88 Å². The Bertz CT molecular complexity index is 989. The van der Waals surface area contributed by atoms with Crippen molar-refractivity contribution in [3.8, 4) is 5.88 Å². The Labute approximate surface area is 206 Å². The molecule has 1 unspecified atom stereocenters. The highest BCUT2D eigenvalue weighted by atomic mass is 79.9. The summed E-state index contributed by atoms with van der Waals surface area (Å²) in [6.07, 6.45) is 0.318. The molecule has 0 spiro atoms. The van der Waals surface area contributed by atoms with Crippen LogP contribution >= 0.6 is 15.9 Å². The van der Waals surface area contributed by atoms with Crippen molar-refractivity contribution in [1.29, 1.82) is 0 Å². The smallest absolute Gasteiger partial charge is 0.424 e. The summed E-state index contributed by atoms with van der Waals surface area (Å²) < 4.78 is 58.2. The maximum absolute atomic E-state index is 13.9. The number of benzene rings is 1. The number of methoxy groups -OCH3 is 2. The zero-order chi connectivity index (χ0) is 25.3. The maximum atomic E-state index is 13.9. The van der Waals surface area contributed by atoms with Gasteiger partial charge in [-0.1, -0.05) is 57.4 Å². The molecule has 0 aliphatic heterocycles. The molecule has 0 saturated heterocycles. The summed E-state index contributed by atoms with van der Waals surface area (Å²) in [4.78, 5) is 12.2. The zero-order valence-corrected chi connectivity index (χ0v) is 21.3. The lowest BCUT2D eigenvalue weighted by Gasteiger charge is -2.15. The predicted octanol–water partition coefficient (Wildman–Crippen LogP) is 6.62. The Morgan fingerprint density at radius 2 is 1.94 bits per heavy atom. The summed E-state index contributed by atoms with van der Waals surface area (Å²) in [5, 5.41) is 4.15. The average Bonchev–Trinajstić information content (AvgIpc) is 3.13. The molecule has 0 saturated carbocycles. The molecule has 0 bridgehead atoms. The number of rotatable bonds is 12. The summed E-state index contributed by atoms with van der Waals surface area (Å²) in [7, 11) is 2.61. The summed E-state index contributed by atoms with van der Waals surface area (Å²) in [5.74, 6) is -0.961. The van der Waals surface area contributed by atoms with Gasteiger partial charge in [-0.2, -0.15) is 13.2 Å². The van der Waals surface area contributed by atoms with E-state index in [0.717, 1.165) is 25.7 Å². The van der Waals surface area contributed by atoms with Crippen LogP contribution in [0.2, 0.25) is 0 Å². The summed E-state index contributed by atoms with van der Waals surface area (Å²) in [5.41, 5.74) is 0.0582. The topological polar surface area (TPSA) is 62.6 Å². The average molecular weight is 547 g/mol. The number of halogens is 4. The molecule has 2 aromatic rings. The Morgan fingerprint density at radius 3 is 2.53 bits per heavy atom. The van der Waals surface area contributed by atoms with Crippen molar-refractivity contribution in [2.75, 3.05) is 14.2 Å². The van der Waals surface area contributed by atoms with Gasteiger partial charge in [0.15, 0.2) is 5.56 Å². The van der Waals surface area contributed by atoms with Crippen molar-refractivity contribution < 1.29 is 32.2 Å². The van der Waals surface area contributed by atoms with Gasteiger partial charge in [0.05, 0.1) is 20.5 Å². The van der Waals surface area contributed by atoms with Gasteiger partial charge in [-0.05, 0) is 39.4 Å². The highest BCUT2D eigenvalue weighted by molar-refractivity contribution is 9.10. The van der Waals surface area contributed by atoms with E-state index in [-0.39, 0.29) is 22.7 Å². The normalized spacial score (nSPS) is 13.0. The van der Waals surface area contributed by atoms with E-state index in [1.54, 1.807) is 24.3 Å². The first-order valence-corrected chi connectivity index (χ1v) is 11.8. The fourth-order valence-corrected chi connectivity index (χ4v) is 4.17. The van der Waals surface area contributed by atoms with Gasteiger partial charge < -0.3 is 14.2 Å². The van der Waals surface area contributed by atoms with Gasteiger partial charge in [0, 0.05) is 6.54 Å². The van der Waals surface area contributed by atoms with Crippen LogP contribution in [0.15, 0.2) is 35.1 Å². The second-order valence-electron chi connectivity index (χ2n) is 7.77. The molecule has 1 atom stereocenters. The third-order valence-electron chi connectivity index (χ3n) is 5.43. The molecule has 1 aromatic heterocycles. The number of unbranched alkanes of at least 4 members (excludes halogenated alkanes) is 1. The highest BCUT2D eigenvalue weighted by Crippen LogP contribution is 2.41. The molecule has 0 amide bonds. The predicted molar refractivity (Wildman–Crippen MR) is 126 cm³/mol. The van der Waals surface area contributed by atoms with Gasteiger partial charge in [0.1, 0.15) is 16.8 Å². The van der Waals surface area contributed by atoms with Crippen molar-refractivity contribution in [3.63, 3.8) is 0 Å². The minimum atomic E-state index is -4.66. The fraction of sp³-hybridized carbons (Fsp3) is 0.500. The van der Waals surface area contributed by atoms with Crippen molar-refractivity contribution in [2.24, 2.45) is 5.92 Å². The Balaban J connectivity index is 2.38. The van der Waals surface area contributed by atoms with Gasteiger partial charge in [-0.3, -0.25) is 4.68 Å². The number of carbonyl (C=O) groups is 1. The van der Waals surface area contributed by atoms with Crippen LogP contribution in [0.3, 0.4) is 0 Å². The number of hydrogen-bond donors (Lipinski definition) is 0. The van der Waals surface area contributed by atoms with Crippen LogP contribution in [0.25, 0.3) is 5.57 Å². The number of alkyl halides is 3. The molecule has 10 heteroatoms. The summed E-state index contributed by atoms with van der Waals surface area (Å²) >= 11 is 3.09. The molecule has 0 fully saturated rings. The molecular weight excluding hydrogens is 517 g/mol. The summed E-state index contributed by atoms with van der Waals surface area (Å²) in [6.45, 7) is 4.20. The molecule has 0 aliphatic rings. The molecule has 2 rings (SSSR count). The van der Waals surface area contributed by atoms with Crippen LogP contribution in [-0.4, -0.2) is 30.0 Å². The second-order valence-corrected chi connectivity index (χ2v) is 8.52. The quantitative estimate of drug-likeness (QED) is 0.170. The van der Waals surface area contributed by atoms with Crippen LogP contribution < -0.4 is 4.74 Å². The van der Waals surface area contributed by atoms with Crippen LogP contribution in [-0.2, 0) is 33.6 Å². The third kappa shape index (κ3) is 7.01. The number of esters is 1. The lowest BCUT2D eigenvalue weighted by atomic mass is 9.99. The lowest BCUT2D eigenvalue weighted by molar-refractivity contribution is -0.139. The van der Waals surface area contributed by atoms with Crippen LogP contribution in [0.1, 0.15) is 56.2 Å². The monoisotopic (exact) mass is 546 g/mol. The van der Waals surface area contributed by atoms with Crippen molar-refractivity contribution in [1.82, 2.24) is 9.78 Å². The van der Waals surface area contributed by atoms with Crippen molar-refractivity contribution in [2.45, 2.75) is 58.9 Å². The summed E-state index contributed by atoms with van der Waals surface area (Å²) in [6, 6.07) is 6.68. The largest absolute Gasteiger partial charge is 0.503 e. The first-order chi connectivity index (χ1) is 16.2. The Morgan fingerprint density at radius 1 is 1.24 bits per heavy atom. The second kappa shape index (κ2) is 12.8. The van der Waals surface area contributed by atoms with Crippen LogP contribution in [0, 0.1) is 5.92 Å². The molecule has 188 valence electrons. The minimum absolute atomic E-state index is 0.119. The van der Waals surface area contributed by atoms with E-state index >= 15 is 0 Å². The molecule has 6 nitrogen and oxygen atoms in total. The standard InChI is InChI=1S/C24H30BrF3N2O4/c1-5-7-10-16(6-2)13-30-21(25)20(24(26,27)28)22(29-30)34-14-17-11-8-9-12-18(17)19(15-32-3)23(31)33-4/h8-9,11-12,15-16H,5-7,10,13-14H2,1-4H3/b19-15+. The number of ether oxygens (including phenoxy) is 3. The third-order valence-corrected chi connectivity index (χ3v) is 6.23. The van der Waals surface area contributed by atoms with Crippen molar-refractivity contribution >= 4 is 27.5 Å². The van der Waals surface area contributed by atoms with E-state index in [0.29, 0.717) is 17.7 Å². The minimum Gasteiger partial charge on any atom is -0.503 e. The highest BCUT2D eigenvalue weighted by Gasteiger charge is 2.41. The fourth-order valence-electron chi connectivity index (χ4n) is 3.55. The molecular formula is C24H30BrF3N2O4. The van der Waals surface area contributed by atoms with Gasteiger partial charge >= 0.3 is 12.1 Å². The molecule has 1 heterocycles.